The van der Waals surface area contributed by atoms with Crippen molar-refractivity contribution in [3.05, 3.63) is 39.6 Å². The van der Waals surface area contributed by atoms with Crippen molar-refractivity contribution in [2.24, 2.45) is 0 Å². The lowest BCUT2D eigenvalue weighted by Gasteiger charge is -2.11. The average molecular weight is 332 g/mol. The number of rotatable bonds is 5. The number of carbonyl (C=O) groups excluding carboxylic acids is 2. The van der Waals surface area contributed by atoms with Crippen LogP contribution in [-0.4, -0.2) is 18.9 Å². The van der Waals surface area contributed by atoms with Crippen molar-refractivity contribution in [1.82, 2.24) is 0 Å². The molecule has 23 heavy (non-hydrogen) atoms. The number of ether oxygens (including phenoxy) is 1. The lowest BCUT2D eigenvalue weighted by molar-refractivity contribution is -0.114. The van der Waals surface area contributed by atoms with Crippen LogP contribution in [0, 0.1) is 6.92 Å². The number of methoxy groups -OCH3 is 1. The van der Waals surface area contributed by atoms with Gasteiger partial charge in [-0.25, -0.2) is 0 Å². The number of thiophene rings is 1. The van der Waals surface area contributed by atoms with Gasteiger partial charge in [-0.15, -0.1) is 11.3 Å². The van der Waals surface area contributed by atoms with Crippen LogP contribution in [0.2, 0.25) is 0 Å². The molecule has 0 saturated carbocycles. The number of amides is 2. The highest BCUT2D eigenvalue weighted by Crippen LogP contribution is 2.29. The molecular weight excluding hydrogens is 312 g/mol. The Hall–Kier alpha value is -2.34. The molecule has 0 bridgehead atoms. The lowest BCUT2D eigenvalue weighted by atomic mass is 10.2. The molecule has 1 heterocycles. The first kappa shape index (κ1) is 17.0. The summed E-state index contributed by atoms with van der Waals surface area (Å²) >= 11 is 1.47. The van der Waals surface area contributed by atoms with E-state index in [9.17, 15) is 9.59 Å². The highest BCUT2D eigenvalue weighted by atomic mass is 32.1. The molecule has 0 aliphatic carbocycles. The van der Waals surface area contributed by atoms with Crippen LogP contribution in [0.15, 0.2) is 24.3 Å². The maximum atomic E-state index is 12.5. The van der Waals surface area contributed by atoms with Crippen molar-refractivity contribution >= 4 is 34.5 Å². The second-order valence-electron chi connectivity index (χ2n) is 5.10. The molecule has 0 unspecified atom stereocenters. The number of hydrogen-bond donors (Lipinski definition) is 2. The first-order valence-corrected chi connectivity index (χ1v) is 8.12. The molecule has 1 aromatic heterocycles. The van der Waals surface area contributed by atoms with Crippen LogP contribution in [0.3, 0.4) is 0 Å². The van der Waals surface area contributed by atoms with Crippen LogP contribution in [0.4, 0.5) is 11.4 Å². The standard InChI is InChI=1S/C17H20N2O3S/c1-5-12-8-16(23-10(12)2)17(21)19-14-9-13(18-11(3)20)6-7-15(14)22-4/h6-9H,5H2,1-4H3,(H,18,20)(H,19,21). The van der Waals surface area contributed by atoms with Gasteiger partial charge in [0.2, 0.25) is 5.91 Å². The van der Waals surface area contributed by atoms with Crippen molar-refractivity contribution in [1.29, 1.82) is 0 Å². The molecule has 2 N–H and O–H groups in total. The Labute approximate surface area is 139 Å². The third-order valence-electron chi connectivity index (χ3n) is 3.39. The van der Waals surface area contributed by atoms with Gasteiger partial charge in [0.1, 0.15) is 5.75 Å². The maximum Gasteiger partial charge on any atom is 0.265 e. The molecule has 122 valence electrons. The minimum absolute atomic E-state index is 0.172. The van der Waals surface area contributed by atoms with Crippen LogP contribution in [0.5, 0.6) is 5.75 Å². The van der Waals surface area contributed by atoms with Crippen LogP contribution in [-0.2, 0) is 11.2 Å². The Kier molecular flexibility index (Phi) is 5.39. The maximum absolute atomic E-state index is 12.5. The smallest absolute Gasteiger partial charge is 0.265 e. The predicted octanol–water partition coefficient (Wildman–Crippen LogP) is 3.84. The molecule has 0 fully saturated rings. The lowest BCUT2D eigenvalue weighted by Crippen LogP contribution is -2.12. The zero-order valence-electron chi connectivity index (χ0n) is 13.6. The fourth-order valence-corrected chi connectivity index (χ4v) is 3.26. The van der Waals surface area contributed by atoms with E-state index in [-0.39, 0.29) is 11.8 Å². The number of hydrogen-bond acceptors (Lipinski definition) is 4. The highest BCUT2D eigenvalue weighted by Gasteiger charge is 2.14. The summed E-state index contributed by atoms with van der Waals surface area (Å²) in [6, 6.07) is 7.03. The summed E-state index contributed by atoms with van der Waals surface area (Å²) in [7, 11) is 1.54. The molecule has 0 aliphatic heterocycles. The van der Waals surface area contributed by atoms with E-state index < -0.39 is 0 Å². The van der Waals surface area contributed by atoms with E-state index in [4.69, 9.17) is 4.74 Å². The monoisotopic (exact) mass is 332 g/mol. The number of carbonyl (C=O) groups is 2. The summed E-state index contributed by atoms with van der Waals surface area (Å²) in [5.74, 6) is 0.182. The highest BCUT2D eigenvalue weighted by molar-refractivity contribution is 7.14. The zero-order valence-corrected chi connectivity index (χ0v) is 14.5. The van der Waals surface area contributed by atoms with Crippen molar-refractivity contribution in [2.75, 3.05) is 17.7 Å². The number of benzene rings is 1. The molecule has 0 radical (unpaired) electrons. The minimum Gasteiger partial charge on any atom is -0.495 e. The number of aryl methyl sites for hydroxylation is 2. The van der Waals surface area contributed by atoms with E-state index in [1.165, 1.54) is 30.9 Å². The van der Waals surface area contributed by atoms with Gasteiger partial charge in [0.25, 0.3) is 5.91 Å². The summed E-state index contributed by atoms with van der Waals surface area (Å²) in [5.41, 5.74) is 2.30. The Morgan fingerprint density at radius 1 is 1.22 bits per heavy atom. The third-order valence-corrected chi connectivity index (χ3v) is 4.48. The molecule has 2 rings (SSSR count). The summed E-state index contributed by atoms with van der Waals surface area (Å²) in [5, 5.41) is 5.54. The molecule has 5 nitrogen and oxygen atoms in total. The molecule has 0 saturated heterocycles. The van der Waals surface area contributed by atoms with E-state index in [1.807, 2.05) is 13.0 Å². The Bertz CT molecular complexity index is 737. The Morgan fingerprint density at radius 3 is 2.52 bits per heavy atom. The van der Waals surface area contributed by atoms with Crippen molar-refractivity contribution < 1.29 is 14.3 Å². The van der Waals surface area contributed by atoms with E-state index in [2.05, 4.69) is 17.6 Å². The van der Waals surface area contributed by atoms with E-state index in [0.717, 1.165) is 11.3 Å². The molecule has 2 amide bonds. The summed E-state index contributed by atoms with van der Waals surface area (Å²) in [6.07, 6.45) is 0.900. The number of anilines is 2. The quantitative estimate of drug-likeness (QED) is 0.874. The van der Waals surface area contributed by atoms with Gasteiger partial charge in [-0.2, -0.15) is 0 Å². The van der Waals surface area contributed by atoms with E-state index in [1.54, 1.807) is 18.2 Å². The zero-order chi connectivity index (χ0) is 17.0. The van der Waals surface area contributed by atoms with Crippen LogP contribution < -0.4 is 15.4 Å². The molecular formula is C17H20N2O3S. The first-order chi connectivity index (χ1) is 10.9. The molecule has 2 aromatic rings. The summed E-state index contributed by atoms with van der Waals surface area (Å²) in [6.45, 7) is 5.51. The van der Waals surface area contributed by atoms with Crippen LogP contribution in [0.1, 0.15) is 34.0 Å². The molecule has 0 spiro atoms. The van der Waals surface area contributed by atoms with Gasteiger partial charge in [-0.1, -0.05) is 6.92 Å². The minimum atomic E-state index is -0.184. The number of nitrogens with one attached hydrogen (secondary N) is 2. The van der Waals surface area contributed by atoms with Crippen LogP contribution in [0.25, 0.3) is 0 Å². The SMILES string of the molecule is CCc1cc(C(=O)Nc2cc(NC(C)=O)ccc2OC)sc1C. The van der Waals surface area contributed by atoms with Gasteiger partial charge >= 0.3 is 0 Å². The molecule has 0 atom stereocenters. The molecule has 1 aromatic carbocycles. The largest absolute Gasteiger partial charge is 0.495 e. The van der Waals surface area contributed by atoms with Crippen LogP contribution >= 0.6 is 11.3 Å². The van der Waals surface area contributed by atoms with Gasteiger partial charge in [-0.3, -0.25) is 9.59 Å². The van der Waals surface area contributed by atoms with Gasteiger partial charge in [-0.05, 0) is 43.2 Å². The second kappa shape index (κ2) is 7.28. The van der Waals surface area contributed by atoms with E-state index >= 15 is 0 Å². The first-order valence-electron chi connectivity index (χ1n) is 7.30. The second-order valence-corrected chi connectivity index (χ2v) is 6.35. The summed E-state index contributed by atoms with van der Waals surface area (Å²) in [4.78, 5) is 25.4. The van der Waals surface area contributed by atoms with Crippen molar-refractivity contribution in [2.45, 2.75) is 27.2 Å². The third kappa shape index (κ3) is 4.10. The van der Waals surface area contributed by atoms with Crippen molar-refractivity contribution in [3.8, 4) is 5.75 Å². The summed E-state index contributed by atoms with van der Waals surface area (Å²) < 4.78 is 5.27. The average Bonchev–Trinajstić information content (AvgIpc) is 2.88. The predicted molar refractivity (Wildman–Crippen MR) is 93.7 cm³/mol. The van der Waals surface area contributed by atoms with Gasteiger partial charge in [0, 0.05) is 17.5 Å². The Morgan fingerprint density at radius 2 is 1.96 bits per heavy atom. The Balaban J connectivity index is 2.26. The normalized spacial score (nSPS) is 10.3. The fraction of sp³-hybridized carbons (Fsp3) is 0.294. The fourth-order valence-electron chi connectivity index (χ4n) is 2.25. The molecule has 0 aliphatic rings. The van der Waals surface area contributed by atoms with Crippen molar-refractivity contribution in [3.63, 3.8) is 0 Å². The van der Waals surface area contributed by atoms with Gasteiger partial charge in [0.05, 0.1) is 17.7 Å². The van der Waals surface area contributed by atoms with Gasteiger partial charge in [0.15, 0.2) is 0 Å². The topological polar surface area (TPSA) is 67.4 Å². The van der Waals surface area contributed by atoms with Gasteiger partial charge < -0.3 is 15.4 Å². The van der Waals surface area contributed by atoms with E-state index in [0.29, 0.717) is 22.0 Å². The molecule has 6 heteroatoms.